The smallest absolute Gasteiger partial charge is 0.123 e. The number of halogens is 1. The van der Waals surface area contributed by atoms with Gasteiger partial charge in [-0.2, -0.15) is 0 Å². The van der Waals surface area contributed by atoms with Gasteiger partial charge in [-0.1, -0.05) is 38.1 Å². The predicted molar refractivity (Wildman–Crippen MR) is 66.0 cm³/mol. The molecule has 86 valence electrons. The molecule has 0 fully saturated rings. The lowest BCUT2D eigenvalue weighted by atomic mass is 10.1. The minimum atomic E-state index is -0.202. The van der Waals surface area contributed by atoms with Crippen molar-refractivity contribution >= 4 is 10.8 Å². The predicted octanol–water partition coefficient (Wildman–Crippen LogP) is 4.15. The zero-order valence-corrected chi connectivity index (χ0v) is 9.96. The molecule has 0 aliphatic heterocycles. The van der Waals surface area contributed by atoms with E-state index in [-0.39, 0.29) is 5.82 Å². The van der Waals surface area contributed by atoms with Crippen LogP contribution in [0.2, 0.25) is 0 Å². The van der Waals surface area contributed by atoms with Crippen LogP contribution in [0.3, 0.4) is 0 Å². The highest BCUT2D eigenvalue weighted by molar-refractivity contribution is 5.85. The molecule has 0 radical (unpaired) electrons. The molecule has 2 aromatic rings. The van der Waals surface area contributed by atoms with Gasteiger partial charge < -0.3 is 4.74 Å². The SMILES string of the molecule is CC.COCc1cccc2cc(F)ccc12. The minimum Gasteiger partial charge on any atom is -0.380 e. The van der Waals surface area contributed by atoms with Crippen molar-refractivity contribution in [3.63, 3.8) is 0 Å². The van der Waals surface area contributed by atoms with Gasteiger partial charge in [0.25, 0.3) is 0 Å². The van der Waals surface area contributed by atoms with Gasteiger partial charge in [0.1, 0.15) is 5.82 Å². The Bertz CT molecular complexity index is 451. The average molecular weight is 220 g/mol. The van der Waals surface area contributed by atoms with Gasteiger partial charge in [0.2, 0.25) is 0 Å². The number of ether oxygens (including phenoxy) is 1. The molecule has 0 heterocycles. The van der Waals surface area contributed by atoms with E-state index in [9.17, 15) is 4.39 Å². The van der Waals surface area contributed by atoms with Crippen molar-refractivity contribution in [2.75, 3.05) is 7.11 Å². The van der Waals surface area contributed by atoms with Crippen LogP contribution < -0.4 is 0 Å². The number of rotatable bonds is 2. The molecule has 0 amide bonds. The molecule has 0 aliphatic carbocycles. The van der Waals surface area contributed by atoms with Crippen molar-refractivity contribution in [2.45, 2.75) is 20.5 Å². The van der Waals surface area contributed by atoms with Gasteiger partial charge in [-0.05, 0) is 28.5 Å². The highest BCUT2D eigenvalue weighted by atomic mass is 19.1. The highest BCUT2D eigenvalue weighted by Gasteiger charge is 2.00. The van der Waals surface area contributed by atoms with Crippen LogP contribution in [0, 0.1) is 5.82 Å². The first-order valence-electron chi connectivity index (χ1n) is 5.47. The Morgan fingerprint density at radius 3 is 2.56 bits per heavy atom. The van der Waals surface area contributed by atoms with Crippen LogP contribution in [0.1, 0.15) is 19.4 Å². The third kappa shape index (κ3) is 2.80. The van der Waals surface area contributed by atoms with E-state index in [1.807, 2.05) is 32.0 Å². The summed E-state index contributed by atoms with van der Waals surface area (Å²) in [5.74, 6) is -0.202. The van der Waals surface area contributed by atoms with Gasteiger partial charge in [0.05, 0.1) is 6.61 Å². The first-order chi connectivity index (χ1) is 7.81. The fourth-order valence-corrected chi connectivity index (χ4v) is 1.60. The molecule has 2 aromatic carbocycles. The van der Waals surface area contributed by atoms with Crippen LogP contribution in [0.4, 0.5) is 4.39 Å². The minimum absolute atomic E-state index is 0.202. The summed E-state index contributed by atoms with van der Waals surface area (Å²) in [5.41, 5.74) is 1.09. The number of hydrogen-bond acceptors (Lipinski definition) is 1. The zero-order valence-electron chi connectivity index (χ0n) is 9.96. The topological polar surface area (TPSA) is 9.23 Å². The molecule has 0 aliphatic rings. The normalized spacial score (nSPS) is 9.75. The monoisotopic (exact) mass is 220 g/mol. The maximum atomic E-state index is 12.9. The lowest BCUT2D eigenvalue weighted by Crippen LogP contribution is -1.89. The second-order valence-electron chi connectivity index (χ2n) is 3.22. The Kier molecular flexibility index (Phi) is 4.93. The van der Waals surface area contributed by atoms with Crippen molar-refractivity contribution < 1.29 is 9.13 Å². The van der Waals surface area contributed by atoms with Crippen LogP contribution in [-0.2, 0) is 11.3 Å². The van der Waals surface area contributed by atoms with E-state index in [0.29, 0.717) is 6.61 Å². The fraction of sp³-hybridized carbons (Fsp3) is 0.286. The zero-order chi connectivity index (χ0) is 12.0. The van der Waals surface area contributed by atoms with Crippen LogP contribution in [0.15, 0.2) is 36.4 Å². The second kappa shape index (κ2) is 6.23. The van der Waals surface area contributed by atoms with Crippen molar-refractivity contribution in [3.05, 3.63) is 47.8 Å². The average Bonchev–Trinajstić information content (AvgIpc) is 2.32. The molecule has 0 unspecified atom stereocenters. The van der Waals surface area contributed by atoms with E-state index in [2.05, 4.69) is 0 Å². The summed E-state index contributed by atoms with van der Waals surface area (Å²) in [7, 11) is 1.66. The molecular formula is C14H17FO. The van der Waals surface area contributed by atoms with Gasteiger partial charge in [0, 0.05) is 7.11 Å². The summed E-state index contributed by atoms with van der Waals surface area (Å²) in [4.78, 5) is 0. The maximum Gasteiger partial charge on any atom is 0.123 e. The molecule has 0 N–H and O–H groups in total. The van der Waals surface area contributed by atoms with Gasteiger partial charge in [0.15, 0.2) is 0 Å². The largest absolute Gasteiger partial charge is 0.380 e. The molecule has 0 bridgehead atoms. The Morgan fingerprint density at radius 1 is 1.12 bits per heavy atom. The molecule has 2 rings (SSSR count). The van der Waals surface area contributed by atoms with E-state index in [1.165, 1.54) is 12.1 Å². The first kappa shape index (κ1) is 12.7. The van der Waals surface area contributed by atoms with Crippen molar-refractivity contribution in [2.24, 2.45) is 0 Å². The Hall–Kier alpha value is -1.41. The summed E-state index contributed by atoms with van der Waals surface area (Å²) in [5, 5.41) is 1.97. The molecule has 0 aromatic heterocycles. The lowest BCUT2D eigenvalue weighted by Gasteiger charge is -2.04. The summed E-state index contributed by atoms with van der Waals surface area (Å²) in [6.07, 6.45) is 0. The van der Waals surface area contributed by atoms with Crippen molar-refractivity contribution in [3.8, 4) is 0 Å². The van der Waals surface area contributed by atoms with Crippen molar-refractivity contribution in [1.82, 2.24) is 0 Å². The van der Waals surface area contributed by atoms with Crippen LogP contribution in [0.5, 0.6) is 0 Å². The van der Waals surface area contributed by atoms with Crippen LogP contribution >= 0.6 is 0 Å². The number of fused-ring (bicyclic) bond motifs is 1. The summed E-state index contributed by atoms with van der Waals surface area (Å²) in [6, 6.07) is 10.6. The van der Waals surface area contributed by atoms with Gasteiger partial charge in [-0.15, -0.1) is 0 Å². The molecule has 0 atom stereocenters. The first-order valence-corrected chi connectivity index (χ1v) is 5.47. The third-order valence-corrected chi connectivity index (χ3v) is 2.23. The van der Waals surface area contributed by atoms with Crippen molar-refractivity contribution in [1.29, 1.82) is 0 Å². The maximum absolute atomic E-state index is 12.9. The molecule has 1 nitrogen and oxygen atoms in total. The highest BCUT2D eigenvalue weighted by Crippen LogP contribution is 2.20. The van der Waals surface area contributed by atoms with Crippen LogP contribution in [0.25, 0.3) is 10.8 Å². The molecular weight excluding hydrogens is 203 g/mol. The van der Waals surface area contributed by atoms with E-state index >= 15 is 0 Å². The Labute approximate surface area is 95.9 Å². The fourth-order valence-electron chi connectivity index (χ4n) is 1.60. The van der Waals surface area contributed by atoms with E-state index in [4.69, 9.17) is 4.74 Å². The summed E-state index contributed by atoms with van der Waals surface area (Å²) in [6.45, 7) is 4.56. The molecule has 0 saturated heterocycles. The quantitative estimate of drug-likeness (QED) is 0.738. The number of methoxy groups -OCH3 is 1. The third-order valence-electron chi connectivity index (χ3n) is 2.23. The number of benzene rings is 2. The van der Waals surface area contributed by atoms with E-state index in [1.54, 1.807) is 13.2 Å². The standard InChI is InChI=1S/C12H11FO.C2H6/c1-14-8-10-4-2-3-9-7-11(13)5-6-12(9)10;1-2/h2-7H,8H2,1H3;1-2H3. The second-order valence-corrected chi connectivity index (χ2v) is 3.22. The molecule has 16 heavy (non-hydrogen) atoms. The lowest BCUT2D eigenvalue weighted by molar-refractivity contribution is 0.186. The Balaban J connectivity index is 0.000000606. The van der Waals surface area contributed by atoms with Gasteiger partial charge in [-0.25, -0.2) is 4.39 Å². The molecule has 2 heteroatoms. The van der Waals surface area contributed by atoms with E-state index in [0.717, 1.165) is 16.3 Å². The Morgan fingerprint density at radius 2 is 1.88 bits per heavy atom. The van der Waals surface area contributed by atoms with E-state index < -0.39 is 0 Å². The van der Waals surface area contributed by atoms with Gasteiger partial charge >= 0.3 is 0 Å². The summed E-state index contributed by atoms with van der Waals surface area (Å²) < 4.78 is 18.0. The molecule has 0 spiro atoms. The number of hydrogen-bond donors (Lipinski definition) is 0. The van der Waals surface area contributed by atoms with Gasteiger partial charge in [-0.3, -0.25) is 0 Å². The van der Waals surface area contributed by atoms with Crippen LogP contribution in [-0.4, -0.2) is 7.11 Å². The summed E-state index contributed by atoms with van der Waals surface area (Å²) >= 11 is 0. The molecule has 0 saturated carbocycles.